The van der Waals surface area contributed by atoms with E-state index in [0.29, 0.717) is 5.56 Å². The van der Waals surface area contributed by atoms with Crippen LogP contribution in [0.2, 0.25) is 0 Å². The van der Waals surface area contributed by atoms with E-state index in [1.165, 1.54) is 0 Å². The molecule has 0 aliphatic heterocycles. The molecule has 0 atom stereocenters. The zero-order valence-electron chi connectivity index (χ0n) is 9.19. The maximum absolute atomic E-state index is 8.56. The van der Waals surface area contributed by atoms with Gasteiger partial charge in [0.15, 0.2) is 5.84 Å². The summed E-state index contributed by atoms with van der Waals surface area (Å²) in [4.78, 5) is 0. The summed E-state index contributed by atoms with van der Waals surface area (Å²) in [6.45, 7) is 5.82. The van der Waals surface area contributed by atoms with Gasteiger partial charge in [0.25, 0.3) is 0 Å². The molecule has 0 spiro atoms. The molecule has 0 aliphatic carbocycles. The largest absolute Gasteiger partial charge is 0.491 e. The van der Waals surface area contributed by atoms with Crippen molar-refractivity contribution in [1.82, 2.24) is 0 Å². The number of nitrogens with zero attached hydrogens (tertiary/aromatic N) is 1. The van der Waals surface area contributed by atoms with Crippen LogP contribution in [-0.4, -0.2) is 17.1 Å². The van der Waals surface area contributed by atoms with Crippen LogP contribution in [0.15, 0.2) is 23.4 Å². The van der Waals surface area contributed by atoms with Crippen LogP contribution in [0.3, 0.4) is 0 Å². The molecule has 0 fully saturated rings. The zero-order valence-corrected chi connectivity index (χ0v) is 9.19. The van der Waals surface area contributed by atoms with Gasteiger partial charge < -0.3 is 15.7 Å². The minimum absolute atomic E-state index is 0.114. The molecule has 0 saturated heterocycles. The molecule has 1 aromatic carbocycles. The van der Waals surface area contributed by atoms with E-state index < -0.39 is 0 Å². The highest BCUT2D eigenvalue weighted by Crippen LogP contribution is 2.18. The van der Waals surface area contributed by atoms with Crippen LogP contribution in [0, 0.1) is 6.92 Å². The second-order valence-electron chi connectivity index (χ2n) is 3.63. The summed E-state index contributed by atoms with van der Waals surface area (Å²) in [5.74, 6) is 0.903. The van der Waals surface area contributed by atoms with Crippen molar-refractivity contribution >= 4 is 5.84 Å². The normalized spacial score (nSPS) is 11.9. The van der Waals surface area contributed by atoms with Gasteiger partial charge in [-0.3, -0.25) is 0 Å². The maximum Gasteiger partial charge on any atom is 0.170 e. The van der Waals surface area contributed by atoms with Crippen LogP contribution < -0.4 is 10.5 Å². The lowest BCUT2D eigenvalue weighted by Gasteiger charge is -2.11. The van der Waals surface area contributed by atoms with E-state index >= 15 is 0 Å². The highest BCUT2D eigenvalue weighted by Gasteiger charge is 2.05. The third-order valence-corrected chi connectivity index (χ3v) is 1.95. The van der Waals surface area contributed by atoms with Gasteiger partial charge in [-0.25, -0.2) is 0 Å². The Kier molecular flexibility index (Phi) is 3.55. The molecule has 0 amide bonds. The molecule has 0 saturated carbocycles. The summed E-state index contributed by atoms with van der Waals surface area (Å²) in [6, 6.07) is 5.45. The smallest absolute Gasteiger partial charge is 0.170 e. The molecule has 15 heavy (non-hydrogen) atoms. The van der Waals surface area contributed by atoms with Gasteiger partial charge in [0.1, 0.15) is 5.75 Å². The lowest BCUT2D eigenvalue weighted by molar-refractivity contribution is 0.242. The first-order valence-corrected chi connectivity index (χ1v) is 4.79. The number of amidine groups is 1. The number of benzene rings is 1. The predicted molar refractivity (Wildman–Crippen MR) is 59.5 cm³/mol. The fourth-order valence-corrected chi connectivity index (χ4v) is 1.32. The minimum atomic E-state index is 0.114. The van der Waals surface area contributed by atoms with Crippen molar-refractivity contribution in [2.45, 2.75) is 26.9 Å². The fraction of sp³-hybridized carbons (Fsp3) is 0.364. The van der Waals surface area contributed by atoms with Crippen LogP contribution in [0.25, 0.3) is 0 Å². The van der Waals surface area contributed by atoms with Gasteiger partial charge in [0.05, 0.1) is 6.10 Å². The quantitative estimate of drug-likeness (QED) is 0.345. The Bertz CT molecular complexity index is 373. The van der Waals surface area contributed by atoms with Gasteiger partial charge in [0.2, 0.25) is 0 Å². The summed E-state index contributed by atoms with van der Waals surface area (Å²) >= 11 is 0. The first-order valence-electron chi connectivity index (χ1n) is 4.79. The molecule has 3 N–H and O–H groups in total. The molecule has 1 aromatic rings. The Morgan fingerprint density at radius 2 is 2.13 bits per heavy atom. The third kappa shape index (κ3) is 2.87. The van der Waals surface area contributed by atoms with Crippen molar-refractivity contribution in [2.75, 3.05) is 0 Å². The second-order valence-corrected chi connectivity index (χ2v) is 3.63. The molecule has 4 heteroatoms. The van der Waals surface area contributed by atoms with Crippen molar-refractivity contribution in [3.63, 3.8) is 0 Å². The zero-order chi connectivity index (χ0) is 11.4. The van der Waals surface area contributed by atoms with Gasteiger partial charge >= 0.3 is 0 Å². The average Bonchev–Trinajstić information content (AvgIpc) is 2.16. The second kappa shape index (κ2) is 4.68. The first-order chi connectivity index (χ1) is 7.04. The standard InChI is InChI=1S/C11H16N2O2/c1-7(2)15-9-4-5-10(8(3)6-9)11(12)13-14/h4-7,14H,1-3H3,(H2,12,13). The lowest BCUT2D eigenvalue weighted by atomic mass is 10.1. The van der Waals surface area contributed by atoms with Gasteiger partial charge in [-0.1, -0.05) is 5.16 Å². The summed E-state index contributed by atoms with van der Waals surface area (Å²) in [5, 5.41) is 11.5. The first kappa shape index (κ1) is 11.4. The number of ether oxygens (including phenoxy) is 1. The topological polar surface area (TPSA) is 67.8 Å². The Hall–Kier alpha value is -1.71. The molecular formula is C11H16N2O2. The van der Waals surface area contributed by atoms with Gasteiger partial charge in [-0.2, -0.15) is 0 Å². The third-order valence-electron chi connectivity index (χ3n) is 1.95. The van der Waals surface area contributed by atoms with Gasteiger partial charge in [-0.05, 0) is 44.5 Å². The molecule has 0 unspecified atom stereocenters. The van der Waals surface area contributed by atoms with Crippen LogP contribution >= 0.6 is 0 Å². The number of oxime groups is 1. The summed E-state index contributed by atoms with van der Waals surface area (Å²) < 4.78 is 5.52. The van der Waals surface area contributed by atoms with E-state index in [0.717, 1.165) is 11.3 Å². The van der Waals surface area contributed by atoms with Crippen molar-refractivity contribution in [3.05, 3.63) is 29.3 Å². The van der Waals surface area contributed by atoms with Crippen molar-refractivity contribution in [1.29, 1.82) is 0 Å². The average molecular weight is 208 g/mol. The molecule has 4 nitrogen and oxygen atoms in total. The molecule has 0 heterocycles. The van der Waals surface area contributed by atoms with Crippen LogP contribution in [0.5, 0.6) is 5.75 Å². The Morgan fingerprint density at radius 3 is 2.60 bits per heavy atom. The van der Waals surface area contributed by atoms with E-state index in [2.05, 4.69) is 5.16 Å². The van der Waals surface area contributed by atoms with Crippen molar-refractivity contribution < 1.29 is 9.94 Å². The summed E-state index contributed by atoms with van der Waals surface area (Å²) in [7, 11) is 0. The van der Waals surface area contributed by atoms with Crippen LogP contribution in [0.4, 0.5) is 0 Å². The van der Waals surface area contributed by atoms with Crippen LogP contribution in [-0.2, 0) is 0 Å². The van der Waals surface area contributed by atoms with Gasteiger partial charge in [-0.15, -0.1) is 0 Å². The summed E-state index contributed by atoms with van der Waals surface area (Å²) in [5.41, 5.74) is 7.14. The van der Waals surface area contributed by atoms with E-state index in [1.807, 2.05) is 26.8 Å². The molecule has 0 aliphatic rings. The maximum atomic E-state index is 8.56. The minimum Gasteiger partial charge on any atom is -0.491 e. The van der Waals surface area contributed by atoms with E-state index in [-0.39, 0.29) is 11.9 Å². The number of hydrogen-bond acceptors (Lipinski definition) is 3. The molecule has 82 valence electrons. The van der Waals surface area contributed by atoms with Crippen molar-refractivity contribution in [2.24, 2.45) is 10.9 Å². The van der Waals surface area contributed by atoms with E-state index in [4.69, 9.17) is 15.7 Å². The van der Waals surface area contributed by atoms with Gasteiger partial charge in [0, 0.05) is 5.56 Å². The number of aryl methyl sites for hydroxylation is 1. The number of rotatable bonds is 3. The number of hydrogen-bond donors (Lipinski definition) is 2. The molecule has 0 radical (unpaired) electrons. The highest BCUT2D eigenvalue weighted by atomic mass is 16.5. The lowest BCUT2D eigenvalue weighted by Crippen LogP contribution is -2.15. The fourth-order valence-electron chi connectivity index (χ4n) is 1.32. The molecular weight excluding hydrogens is 192 g/mol. The molecule has 0 aromatic heterocycles. The van der Waals surface area contributed by atoms with Crippen molar-refractivity contribution in [3.8, 4) is 5.75 Å². The Balaban J connectivity index is 2.98. The van der Waals surface area contributed by atoms with E-state index in [9.17, 15) is 0 Å². The Labute approximate surface area is 89.4 Å². The molecule has 0 bridgehead atoms. The van der Waals surface area contributed by atoms with Crippen LogP contribution in [0.1, 0.15) is 25.0 Å². The highest BCUT2D eigenvalue weighted by molar-refractivity contribution is 5.98. The van der Waals surface area contributed by atoms with E-state index in [1.54, 1.807) is 12.1 Å². The predicted octanol–water partition coefficient (Wildman–Crippen LogP) is 1.88. The Morgan fingerprint density at radius 1 is 1.47 bits per heavy atom. The SMILES string of the molecule is Cc1cc(OC(C)C)ccc1/C(N)=N/O. The number of nitrogens with two attached hydrogens (primary N) is 1. The monoisotopic (exact) mass is 208 g/mol. The molecule has 1 rings (SSSR count). The summed E-state index contributed by atoms with van der Waals surface area (Å²) in [6.07, 6.45) is 0.138.